The highest BCUT2D eigenvalue weighted by molar-refractivity contribution is 5.82. The second-order valence-electron chi connectivity index (χ2n) is 9.12. The fourth-order valence-electron chi connectivity index (χ4n) is 4.72. The van der Waals surface area contributed by atoms with Crippen LogP contribution in [0.15, 0.2) is 41.8 Å². The van der Waals surface area contributed by atoms with Crippen molar-refractivity contribution < 1.29 is 23.7 Å². The van der Waals surface area contributed by atoms with Crippen LogP contribution in [0.25, 0.3) is 11.2 Å². The molecule has 1 aromatic carbocycles. The quantitative estimate of drug-likeness (QED) is 0.266. The largest absolute Gasteiger partial charge is 0.489 e. The van der Waals surface area contributed by atoms with Gasteiger partial charge >= 0.3 is 5.69 Å². The minimum atomic E-state index is -0.387. The van der Waals surface area contributed by atoms with Crippen LogP contribution in [0.5, 0.6) is 17.2 Å². The zero-order chi connectivity index (χ0) is 26.9. The van der Waals surface area contributed by atoms with E-state index >= 15 is 0 Å². The lowest BCUT2D eigenvalue weighted by atomic mass is 10.2. The maximum atomic E-state index is 12.0. The first-order valence-electron chi connectivity index (χ1n) is 12.4. The summed E-state index contributed by atoms with van der Waals surface area (Å²) in [6.45, 7) is 1.21. The van der Waals surface area contributed by atoms with Crippen LogP contribution in [0.1, 0.15) is 12.6 Å². The molecule has 0 amide bonds. The third kappa shape index (κ3) is 4.73. The molecule has 3 atom stereocenters. The van der Waals surface area contributed by atoms with Gasteiger partial charge in [-0.1, -0.05) is 6.07 Å². The first kappa shape index (κ1) is 25.0. The number of fused-ring (bicyclic) bond motifs is 3. The van der Waals surface area contributed by atoms with Gasteiger partial charge in [-0.2, -0.15) is 4.98 Å². The third-order valence-corrected chi connectivity index (χ3v) is 6.64. The van der Waals surface area contributed by atoms with Crippen molar-refractivity contribution in [2.45, 2.75) is 24.9 Å². The van der Waals surface area contributed by atoms with Crippen LogP contribution in [0.2, 0.25) is 0 Å². The van der Waals surface area contributed by atoms with Crippen LogP contribution < -0.4 is 25.8 Å². The van der Waals surface area contributed by atoms with Gasteiger partial charge in [-0.15, -0.1) is 0 Å². The molecular formula is C25H28N8O6. The Labute approximate surface area is 222 Å². The molecule has 6 rings (SSSR count). The van der Waals surface area contributed by atoms with Crippen molar-refractivity contribution in [3.8, 4) is 17.2 Å². The summed E-state index contributed by atoms with van der Waals surface area (Å²) in [6, 6.07) is 5.47. The van der Waals surface area contributed by atoms with E-state index in [0.717, 1.165) is 0 Å². The fraction of sp³-hybridized carbons (Fsp3) is 0.400. The standard InChI is InChI=1S/C25H28N8O6/c1-32-10-17-22(31-25(32)34)30-20-14(5-4-6-15(20)38-17)37-8-7-26-23-21-24(28-12-27-23)33(13-29-21)19-9-16(36-3)18(39-19)11-35-2/h4-6,10,12-13,16,18-19H,7-9,11H2,1-3H3,(H,26,27,28)(H,30,31,34). The third-order valence-electron chi connectivity index (χ3n) is 6.64. The second-order valence-corrected chi connectivity index (χ2v) is 9.12. The Kier molecular flexibility index (Phi) is 6.72. The summed E-state index contributed by atoms with van der Waals surface area (Å²) in [7, 11) is 4.93. The van der Waals surface area contributed by atoms with Gasteiger partial charge in [0.1, 0.15) is 36.7 Å². The monoisotopic (exact) mass is 536 g/mol. The highest BCUT2D eigenvalue weighted by Gasteiger charge is 2.37. The van der Waals surface area contributed by atoms with Gasteiger partial charge in [0.05, 0.1) is 31.8 Å². The number of nitrogens with zero attached hydrogens (tertiary/aromatic N) is 6. The molecule has 0 aliphatic carbocycles. The van der Waals surface area contributed by atoms with Crippen LogP contribution in [-0.2, 0) is 21.3 Å². The molecule has 3 unspecified atom stereocenters. The molecule has 0 spiro atoms. The van der Waals surface area contributed by atoms with Crippen LogP contribution in [0, 0.1) is 0 Å². The van der Waals surface area contributed by atoms with E-state index in [1.165, 1.54) is 10.9 Å². The average molecular weight is 537 g/mol. The van der Waals surface area contributed by atoms with Crippen molar-refractivity contribution in [2.24, 2.45) is 7.05 Å². The number of aromatic nitrogens is 6. The van der Waals surface area contributed by atoms with Crippen molar-refractivity contribution in [1.29, 1.82) is 0 Å². The Hall–Kier alpha value is -4.27. The molecule has 2 aliphatic heterocycles. The number of ether oxygens (including phenoxy) is 5. The molecule has 0 saturated carbocycles. The number of nitrogens with one attached hydrogen (secondary N) is 2. The summed E-state index contributed by atoms with van der Waals surface area (Å²) in [5, 5.41) is 6.43. The normalized spacial score (nSPS) is 19.7. The summed E-state index contributed by atoms with van der Waals surface area (Å²) in [5.41, 5.74) is 1.50. The predicted octanol–water partition coefficient (Wildman–Crippen LogP) is 2.21. The van der Waals surface area contributed by atoms with E-state index in [1.54, 1.807) is 33.8 Å². The zero-order valence-electron chi connectivity index (χ0n) is 21.7. The number of rotatable bonds is 9. The van der Waals surface area contributed by atoms with E-state index in [-0.39, 0.29) is 24.1 Å². The average Bonchev–Trinajstić information content (AvgIpc) is 3.55. The van der Waals surface area contributed by atoms with Crippen molar-refractivity contribution in [1.82, 2.24) is 29.1 Å². The number of imidazole rings is 1. The smallest absolute Gasteiger partial charge is 0.349 e. The van der Waals surface area contributed by atoms with Crippen LogP contribution in [-0.4, -0.2) is 75.3 Å². The Bertz CT molecular complexity index is 1560. The molecule has 39 heavy (non-hydrogen) atoms. The first-order valence-corrected chi connectivity index (χ1v) is 12.4. The number of para-hydroxylation sites is 1. The number of hydrogen-bond donors (Lipinski definition) is 2. The maximum absolute atomic E-state index is 12.0. The summed E-state index contributed by atoms with van der Waals surface area (Å²) < 4.78 is 32.2. The Morgan fingerprint density at radius 1 is 1.21 bits per heavy atom. The number of hydrogen-bond acceptors (Lipinski definition) is 12. The van der Waals surface area contributed by atoms with Gasteiger partial charge in [0.2, 0.25) is 0 Å². The molecule has 2 N–H and O–H groups in total. The molecular weight excluding hydrogens is 508 g/mol. The van der Waals surface area contributed by atoms with Crippen molar-refractivity contribution in [2.75, 3.05) is 44.6 Å². The van der Waals surface area contributed by atoms with Gasteiger partial charge in [-0.3, -0.25) is 9.13 Å². The van der Waals surface area contributed by atoms with Crippen molar-refractivity contribution in [3.63, 3.8) is 0 Å². The van der Waals surface area contributed by atoms with Crippen molar-refractivity contribution >= 4 is 28.5 Å². The summed E-state index contributed by atoms with van der Waals surface area (Å²) in [5.74, 6) is 2.54. The van der Waals surface area contributed by atoms with Gasteiger partial charge in [-0.05, 0) is 12.1 Å². The molecule has 1 saturated heterocycles. The van der Waals surface area contributed by atoms with Crippen LogP contribution in [0.3, 0.4) is 0 Å². The molecule has 1 fully saturated rings. The molecule has 2 aliphatic rings. The molecule has 3 aromatic heterocycles. The maximum Gasteiger partial charge on any atom is 0.349 e. The lowest BCUT2D eigenvalue weighted by Crippen LogP contribution is -2.27. The van der Waals surface area contributed by atoms with E-state index in [1.807, 2.05) is 22.8 Å². The van der Waals surface area contributed by atoms with E-state index in [0.29, 0.717) is 71.9 Å². The SMILES string of the molecule is COCC1OC(n2cnc3c(NCCOc4cccc5c4Nc4nc(=O)n(C)cc4O5)ncnc32)CC1OC. The van der Waals surface area contributed by atoms with E-state index < -0.39 is 0 Å². The molecule has 14 heteroatoms. The number of methoxy groups -OCH3 is 2. The number of aryl methyl sites for hydroxylation is 1. The second kappa shape index (κ2) is 10.5. The van der Waals surface area contributed by atoms with Crippen molar-refractivity contribution in [3.05, 3.63) is 47.5 Å². The van der Waals surface area contributed by atoms with Crippen LogP contribution in [0.4, 0.5) is 17.3 Å². The molecule has 5 heterocycles. The Morgan fingerprint density at radius 3 is 2.95 bits per heavy atom. The highest BCUT2D eigenvalue weighted by atomic mass is 16.6. The fourth-order valence-corrected chi connectivity index (χ4v) is 4.72. The minimum Gasteiger partial charge on any atom is -0.489 e. The number of benzene rings is 1. The Morgan fingerprint density at radius 2 is 2.10 bits per heavy atom. The van der Waals surface area contributed by atoms with E-state index in [4.69, 9.17) is 23.7 Å². The van der Waals surface area contributed by atoms with Gasteiger partial charge in [0.15, 0.2) is 34.3 Å². The Balaban J connectivity index is 1.12. The van der Waals surface area contributed by atoms with E-state index in [9.17, 15) is 4.79 Å². The summed E-state index contributed by atoms with van der Waals surface area (Å²) in [6.07, 6.45) is 4.92. The lowest BCUT2D eigenvalue weighted by molar-refractivity contribution is -0.0597. The summed E-state index contributed by atoms with van der Waals surface area (Å²) >= 11 is 0. The molecule has 4 aromatic rings. The van der Waals surface area contributed by atoms with Gasteiger partial charge in [-0.25, -0.2) is 19.7 Å². The topological polar surface area (TPSA) is 149 Å². The predicted molar refractivity (Wildman–Crippen MR) is 140 cm³/mol. The zero-order valence-corrected chi connectivity index (χ0v) is 21.7. The van der Waals surface area contributed by atoms with Gasteiger partial charge in [0.25, 0.3) is 0 Å². The molecule has 204 valence electrons. The summed E-state index contributed by atoms with van der Waals surface area (Å²) in [4.78, 5) is 29.3. The van der Waals surface area contributed by atoms with Gasteiger partial charge < -0.3 is 34.3 Å². The molecule has 14 nitrogen and oxygen atoms in total. The van der Waals surface area contributed by atoms with Gasteiger partial charge in [0, 0.05) is 27.7 Å². The van der Waals surface area contributed by atoms with Crippen LogP contribution >= 0.6 is 0 Å². The highest BCUT2D eigenvalue weighted by Crippen LogP contribution is 2.45. The molecule has 0 radical (unpaired) electrons. The lowest BCUT2D eigenvalue weighted by Gasteiger charge is -2.23. The first-order chi connectivity index (χ1) is 19.1. The van der Waals surface area contributed by atoms with E-state index in [2.05, 4.69) is 30.6 Å². The number of anilines is 3. The minimum absolute atomic E-state index is 0.0813. The molecule has 0 bridgehead atoms.